The van der Waals surface area contributed by atoms with Gasteiger partial charge in [0, 0.05) is 0 Å². The average Bonchev–Trinajstić information content (AvgIpc) is 2.76. The van der Waals surface area contributed by atoms with Crippen LogP contribution in [0.15, 0.2) is 0 Å². The third-order valence-corrected chi connectivity index (χ3v) is 6.61. The highest BCUT2D eigenvalue weighted by atomic mass is 16.4. The molecule has 2 nitrogen and oxygen atoms in total. The molecule has 8 atom stereocenters. The number of carbonyl (C=O) groups is 1. The van der Waals surface area contributed by atoms with Crippen LogP contribution in [0, 0.1) is 53.3 Å². The molecule has 0 saturated heterocycles. The topological polar surface area (TPSA) is 37.3 Å². The van der Waals surface area contributed by atoms with Crippen molar-refractivity contribution in [3.05, 3.63) is 0 Å². The summed E-state index contributed by atoms with van der Waals surface area (Å²) >= 11 is 0. The molecule has 2 heteroatoms. The smallest absolute Gasteiger partial charge is 0.307 e. The van der Waals surface area contributed by atoms with Gasteiger partial charge in [-0.3, -0.25) is 4.79 Å². The average molecular weight is 190 g/mol. The Morgan fingerprint density at radius 2 is 1.36 bits per heavy atom. The van der Waals surface area contributed by atoms with Crippen molar-refractivity contribution in [1.29, 1.82) is 0 Å². The van der Waals surface area contributed by atoms with Crippen molar-refractivity contribution in [2.45, 2.75) is 12.8 Å². The van der Waals surface area contributed by atoms with E-state index in [2.05, 4.69) is 0 Å². The molecule has 6 bridgehead atoms. The van der Waals surface area contributed by atoms with Gasteiger partial charge in [0.1, 0.15) is 0 Å². The molecule has 0 spiro atoms. The Morgan fingerprint density at radius 1 is 0.857 bits per heavy atom. The highest BCUT2D eigenvalue weighted by Crippen LogP contribution is 2.84. The Balaban J connectivity index is 1.77. The van der Waals surface area contributed by atoms with Gasteiger partial charge < -0.3 is 5.11 Å². The van der Waals surface area contributed by atoms with Crippen molar-refractivity contribution in [3.8, 4) is 0 Å². The molecule has 0 aliphatic heterocycles. The Labute approximate surface area is 82.7 Å². The number of hydrogen-bond donors (Lipinski definition) is 1. The van der Waals surface area contributed by atoms with Crippen LogP contribution in [0.5, 0.6) is 0 Å². The summed E-state index contributed by atoms with van der Waals surface area (Å²) in [5.41, 5.74) is 0. The Hall–Kier alpha value is -0.530. The lowest BCUT2D eigenvalue weighted by molar-refractivity contribution is -0.143. The summed E-state index contributed by atoms with van der Waals surface area (Å²) in [5.74, 6) is 6.22. The van der Waals surface area contributed by atoms with Gasteiger partial charge in [-0.2, -0.15) is 0 Å². The summed E-state index contributed by atoms with van der Waals surface area (Å²) in [5, 5.41) is 9.33. The number of aliphatic carboxylic acids is 1. The third-order valence-electron chi connectivity index (χ3n) is 6.61. The summed E-state index contributed by atoms with van der Waals surface area (Å²) in [6.45, 7) is 0. The maximum Gasteiger partial charge on any atom is 0.307 e. The fourth-order valence-electron chi connectivity index (χ4n) is 6.95. The van der Waals surface area contributed by atoms with Crippen LogP contribution < -0.4 is 0 Å². The van der Waals surface area contributed by atoms with E-state index in [1.807, 2.05) is 0 Å². The monoisotopic (exact) mass is 190 g/mol. The van der Waals surface area contributed by atoms with E-state index in [0.29, 0.717) is 11.8 Å². The lowest BCUT2D eigenvalue weighted by atomic mass is 9.71. The summed E-state index contributed by atoms with van der Waals surface area (Å²) in [6.07, 6.45) is 2.81. The Kier molecular flexibility index (Phi) is 0.812. The molecule has 0 radical (unpaired) electrons. The second-order valence-corrected chi connectivity index (χ2v) is 6.30. The summed E-state index contributed by atoms with van der Waals surface area (Å²) in [7, 11) is 0. The molecule has 6 saturated carbocycles. The van der Waals surface area contributed by atoms with E-state index in [1.165, 1.54) is 12.8 Å². The summed E-state index contributed by atoms with van der Waals surface area (Å²) < 4.78 is 0. The van der Waals surface area contributed by atoms with Crippen LogP contribution in [-0.2, 0) is 4.79 Å². The van der Waals surface area contributed by atoms with Crippen molar-refractivity contribution in [2.24, 2.45) is 53.3 Å². The van der Waals surface area contributed by atoms with E-state index < -0.39 is 5.97 Å². The number of hydrogen-bond acceptors (Lipinski definition) is 1. The van der Waals surface area contributed by atoms with Crippen LogP contribution >= 0.6 is 0 Å². The van der Waals surface area contributed by atoms with Gasteiger partial charge in [-0.05, 0) is 60.2 Å². The lowest BCUT2D eigenvalue weighted by Crippen LogP contribution is -2.30. The van der Waals surface area contributed by atoms with Crippen molar-refractivity contribution in [2.75, 3.05) is 0 Å². The van der Waals surface area contributed by atoms with Crippen molar-refractivity contribution >= 4 is 5.97 Å². The van der Waals surface area contributed by atoms with Gasteiger partial charge in [-0.1, -0.05) is 0 Å². The van der Waals surface area contributed by atoms with Crippen LogP contribution in [0.25, 0.3) is 0 Å². The number of carboxylic acid groups (broad SMARTS) is 1. The van der Waals surface area contributed by atoms with Crippen molar-refractivity contribution < 1.29 is 9.90 Å². The van der Waals surface area contributed by atoms with Gasteiger partial charge in [-0.15, -0.1) is 0 Å². The molecule has 8 unspecified atom stereocenters. The molecule has 6 rings (SSSR count). The van der Waals surface area contributed by atoms with Gasteiger partial charge >= 0.3 is 5.97 Å². The quantitative estimate of drug-likeness (QED) is 0.679. The fourth-order valence-corrected chi connectivity index (χ4v) is 6.95. The fraction of sp³-hybridized carbons (Fsp3) is 0.917. The molecule has 6 fully saturated rings. The first kappa shape index (κ1) is 6.86. The highest BCUT2D eigenvalue weighted by molar-refractivity contribution is 5.73. The maximum atomic E-state index is 11.3. The molecular weight excluding hydrogens is 176 g/mol. The van der Waals surface area contributed by atoms with Crippen molar-refractivity contribution in [3.63, 3.8) is 0 Å². The van der Waals surface area contributed by atoms with Gasteiger partial charge in [0.05, 0.1) is 5.92 Å². The van der Waals surface area contributed by atoms with E-state index in [1.54, 1.807) is 0 Å². The van der Waals surface area contributed by atoms with E-state index in [0.717, 1.165) is 35.5 Å². The van der Waals surface area contributed by atoms with Crippen LogP contribution in [0.4, 0.5) is 0 Å². The zero-order valence-corrected chi connectivity index (χ0v) is 7.97. The second kappa shape index (κ2) is 1.66. The van der Waals surface area contributed by atoms with Crippen molar-refractivity contribution in [1.82, 2.24) is 0 Å². The zero-order chi connectivity index (χ0) is 9.19. The molecular formula is C12H14O2. The van der Waals surface area contributed by atoms with E-state index in [9.17, 15) is 9.90 Å². The number of carboxylic acids is 1. The lowest BCUT2D eigenvalue weighted by Gasteiger charge is -2.33. The zero-order valence-electron chi connectivity index (χ0n) is 7.97. The van der Waals surface area contributed by atoms with E-state index in [-0.39, 0.29) is 5.92 Å². The minimum atomic E-state index is -0.469. The minimum Gasteiger partial charge on any atom is -0.481 e. The molecule has 74 valence electrons. The van der Waals surface area contributed by atoms with Gasteiger partial charge in [0.15, 0.2) is 0 Å². The normalized spacial score (nSPS) is 74.4. The SMILES string of the molecule is O=C(O)C1C2C3CC4C5CC(C42)C1C53. The highest BCUT2D eigenvalue weighted by Gasteiger charge is 2.81. The first-order valence-electron chi connectivity index (χ1n) is 6.02. The van der Waals surface area contributed by atoms with Crippen LogP contribution in [0.1, 0.15) is 12.8 Å². The summed E-state index contributed by atoms with van der Waals surface area (Å²) in [6, 6.07) is 0. The first-order valence-corrected chi connectivity index (χ1v) is 6.02. The van der Waals surface area contributed by atoms with Gasteiger partial charge in [-0.25, -0.2) is 0 Å². The molecule has 0 aromatic heterocycles. The molecule has 1 N–H and O–H groups in total. The predicted molar refractivity (Wildman–Crippen MR) is 48.3 cm³/mol. The Morgan fingerprint density at radius 3 is 1.79 bits per heavy atom. The second-order valence-electron chi connectivity index (χ2n) is 6.30. The predicted octanol–water partition coefficient (Wildman–Crippen LogP) is 1.47. The third kappa shape index (κ3) is 0.409. The Bertz CT molecular complexity index is 335. The van der Waals surface area contributed by atoms with Crippen LogP contribution in [0.2, 0.25) is 0 Å². The molecule has 0 heterocycles. The van der Waals surface area contributed by atoms with Gasteiger partial charge in [0.2, 0.25) is 0 Å². The van der Waals surface area contributed by atoms with Crippen LogP contribution in [-0.4, -0.2) is 11.1 Å². The minimum absolute atomic E-state index is 0.0810. The molecule has 6 aliphatic carbocycles. The maximum absolute atomic E-state index is 11.3. The van der Waals surface area contributed by atoms with Crippen LogP contribution in [0.3, 0.4) is 0 Å². The largest absolute Gasteiger partial charge is 0.481 e. The summed E-state index contributed by atoms with van der Waals surface area (Å²) in [4.78, 5) is 11.3. The first-order chi connectivity index (χ1) is 6.79. The van der Waals surface area contributed by atoms with E-state index in [4.69, 9.17) is 0 Å². The molecule has 0 aromatic rings. The molecule has 6 aliphatic rings. The molecule has 0 amide bonds. The van der Waals surface area contributed by atoms with Gasteiger partial charge in [0.25, 0.3) is 0 Å². The number of rotatable bonds is 1. The standard InChI is InChI=1S/C12H14O2/c13-12(14)11-9-5-1-3-4-2-6(7(3)9)10(11)8(4)5/h3-11H,1-2H2,(H,13,14). The van der Waals surface area contributed by atoms with E-state index >= 15 is 0 Å². The molecule has 0 aromatic carbocycles. The molecule has 14 heavy (non-hydrogen) atoms.